The molecule has 0 atom stereocenters. The Morgan fingerprint density at radius 1 is 1.35 bits per heavy atom. The van der Waals surface area contributed by atoms with Crippen molar-refractivity contribution in [1.82, 2.24) is 8.61 Å². The van der Waals surface area contributed by atoms with Gasteiger partial charge in [0.15, 0.2) is 0 Å². The SMILES string of the molecule is Cc1cccc(OC2CN(S(=O)(=O)N(C)C(C)C)C2)c1. The average Bonchev–Trinajstić information content (AvgIpc) is 2.32. The molecule has 0 unspecified atom stereocenters. The van der Waals surface area contributed by atoms with E-state index in [4.69, 9.17) is 4.74 Å². The Labute approximate surface area is 121 Å². The van der Waals surface area contributed by atoms with E-state index in [0.29, 0.717) is 13.1 Å². The predicted molar refractivity (Wildman–Crippen MR) is 79.0 cm³/mol. The number of hydrogen-bond donors (Lipinski definition) is 0. The van der Waals surface area contributed by atoms with Crippen LogP contribution < -0.4 is 4.74 Å². The number of ether oxygens (including phenoxy) is 1. The summed E-state index contributed by atoms with van der Waals surface area (Å²) in [5.74, 6) is 0.796. The Kier molecular flexibility index (Phi) is 4.36. The topological polar surface area (TPSA) is 49.9 Å². The van der Waals surface area contributed by atoms with Crippen molar-refractivity contribution in [2.45, 2.75) is 32.9 Å². The molecule has 20 heavy (non-hydrogen) atoms. The van der Waals surface area contributed by atoms with Gasteiger partial charge in [0, 0.05) is 13.1 Å². The zero-order chi connectivity index (χ0) is 14.9. The van der Waals surface area contributed by atoms with Gasteiger partial charge in [0.25, 0.3) is 10.2 Å². The van der Waals surface area contributed by atoms with Crippen molar-refractivity contribution in [1.29, 1.82) is 0 Å². The number of rotatable bonds is 5. The highest BCUT2D eigenvalue weighted by Crippen LogP contribution is 2.23. The Morgan fingerprint density at radius 2 is 2.00 bits per heavy atom. The molecule has 1 fully saturated rings. The lowest BCUT2D eigenvalue weighted by atomic mass is 10.2. The van der Waals surface area contributed by atoms with Gasteiger partial charge in [-0.25, -0.2) is 0 Å². The minimum absolute atomic E-state index is 0.0447. The summed E-state index contributed by atoms with van der Waals surface area (Å²) < 4.78 is 33.0. The molecule has 0 N–H and O–H groups in total. The first-order valence-electron chi connectivity index (χ1n) is 6.77. The van der Waals surface area contributed by atoms with Crippen LogP contribution in [0.5, 0.6) is 5.75 Å². The van der Waals surface area contributed by atoms with Crippen molar-refractivity contribution >= 4 is 10.2 Å². The van der Waals surface area contributed by atoms with Gasteiger partial charge < -0.3 is 4.74 Å². The quantitative estimate of drug-likeness (QED) is 0.830. The number of aryl methyl sites for hydroxylation is 1. The van der Waals surface area contributed by atoms with Crippen LogP contribution in [0.1, 0.15) is 19.4 Å². The average molecular weight is 298 g/mol. The summed E-state index contributed by atoms with van der Waals surface area (Å²) in [6, 6.07) is 7.74. The molecule has 6 heteroatoms. The summed E-state index contributed by atoms with van der Waals surface area (Å²) >= 11 is 0. The van der Waals surface area contributed by atoms with Crippen LogP contribution in [-0.2, 0) is 10.2 Å². The predicted octanol–water partition coefficient (Wildman–Crippen LogP) is 1.64. The van der Waals surface area contributed by atoms with Gasteiger partial charge in [-0.15, -0.1) is 0 Å². The van der Waals surface area contributed by atoms with Crippen LogP contribution in [0.4, 0.5) is 0 Å². The number of nitrogens with zero attached hydrogens (tertiary/aromatic N) is 2. The lowest BCUT2D eigenvalue weighted by molar-refractivity contribution is 0.0712. The van der Waals surface area contributed by atoms with Gasteiger partial charge in [0.05, 0.1) is 13.1 Å². The van der Waals surface area contributed by atoms with Gasteiger partial charge in [-0.3, -0.25) is 0 Å². The molecule has 0 aliphatic carbocycles. The van der Waals surface area contributed by atoms with Crippen LogP contribution in [0.2, 0.25) is 0 Å². The molecule has 2 rings (SSSR count). The Morgan fingerprint density at radius 3 is 2.55 bits per heavy atom. The normalized spacial score (nSPS) is 17.5. The molecule has 0 aromatic heterocycles. The second-order valence-electron chi connectivity index (χ2n) is 5.49. The van der Waals surface area contributed by atoms with E-state index in [-0.39, 0.29) is 12.1 Å². The summed E-state index contributed by atoms with van der Waals surface area (Å²) in [5.41, 5.74) is 1.13. The van der Waals surface area contributed by atoms with E-state index < -0.39 is 10.2 Å². The molecular weight excluding hydrogens is 276 g/mol. The van der Waals surface area contributed by atoms with E-state index in [9.17, 15) is 8.42 Å². The first-order chi connectivity index (χ1) is 9.30. The maximum absolute atomic E-state index is 12.2. The molecule has 1 aliphatic rings. The second kappa shape index (κ2) is 5.71. The summed E-state index contributed by atoms with van der Waals surface area (Å²) in [6.07, 6.45) is -0.0628. The first kappa shape index (κ1) is 15.3. The fourth-order valence-electron chi connectivity index (χ4n) is 1.99. The standard InChI is InChI=1S/C14H22N2O3S/c1-11(2)15(4)20(17,18)16-9-14(10-16)19-13-7-5-6-12(3)8-13/h5-8,11,14H,9-10H2,1-4H3. The van der Waals surface area contributed by atoms with Crippen LogP contribution in [0.3, 0.4) is 0 Å². The first-order valence-corrected chi connectivity index (χ1v) is 8.17. The molecule has 112 valence electrons. The molecule has 0 bridgehead atoms. The van der Waals surface area contributed by atoms with Gasteiger partial charge in [-0.05, 0) is 38.5 Å². The van der Waals surface area contributed by atoms with Gasteiger partial charge in [0.1, 0.15) is 11.9 Å². The van der Waals surface area contributed by atoms with Crippen LogP contribution in [0.25, 0.3) is 0 Å². The third kappa shape index (κ3) is 3.13. The van der Waals surface area contributed by atoms with Crippen LogP contribution in [0.15, 0.2) is 24.3 Å². The molecule has 5 nitrogen and oxygen atoms in total. The summed E-state index contributed by atoms with van der Waals surface area (Å²) in [5, 5.41) is 0. The second-order valence-corrected chi connectivity index (χ2v) is 7.48. The van der Waals surface area contributed by atoms with Gasteiger partial charge in [0.2, 0.25) is 0 Å². The Hall–Kier alpha value is -1.11. The molecule has 1 aromatic rings. The maximum atomic E-state index is 12.2. The fourth-order valence-corrected chi connectivity index (χ4v) is 3.60. The minimum atomic E-state index is -3.35. The van der Waals surface area contributed by atoms with Crippen LogP contribution >= 0.6 is 0 Å². The Balaban J connectivity index is 1.92. The molecule has 1 saturated heterocycles. The fraction of sp³-hybridized carbons (Fsp3) is 0.571. The summed E-state index contributed by atoms with van der Waals surface area (Å²) in [6.45, 7) is 6.54. The van der Waals surface area contributed by atoms with Crippen LogP contribution in [-0.4, -0.2) is 49.3 Å². The molecule has 0 radical (unpaired) electrons. The summed E-state index contributed by atoms with van der Waals surface area (Å²) in [4.78, 5) is 0. The van der Waals surface area contributed by atoms with E-state index in [0.717, 1.165) is 11.3 Å². The monoisotopic (exact) mass is 298 g/mol. The zero-order valence-corrected chi connectivity index (χ0v) is 13.2. The van der Waals surface area contributed by atoms with E-state index in [1.54, 1.807) is 7.05 Å². The number of benzene rings is 1. The Bertz CT molecular complexity index is 566. The third-order valence-corrected chi connectivity index (χ3v) is 5.62. The van der Waals surface area contributed by atoms with E-state index in [1.165, 1.54) is 8.61 Å². The zero-order valence-electron chi connectivity index (χ0n) is 12.4. The lowest BCUT2D eigenvalue weighted by Crippen LogP contribution is -2.59. The molecule has 1 heterocycles. The smallest absolute Gasteiger partial charge is 0.282 e. The maximum Gasteiger partial charge on any atom is 0.282 e. The van der Waals surface area contributed by atoms with Gasteiger partial charge in [-0.2, -0.15) is 17.0 Å². The molecule has 0 amide bonds. The van der Waals surface area contributed by atoms with Crippen molar-refractivity contribution in [3.05, 3.63) is 29.8 Å². The van der Waals surface area contributed by atoms with Crippen molar-refractivity contribution in [2.24, 2.45) is 0 Å². The van der Waals surface area contributed by atoms with Crippen molar-refractivity contribution in [3.8, 4) is 5.75 Å². The van der Waals surface area contributed by atoms with Crippen molar-refractivity contribution in [2.75, 3.05) is 20.1 Å². The van der Waals surface area contributed by atoms with E-state index in [1.807, 2.05) is 45.0 Å². The number of hydrogen-bond acceptors (Lipinski definition) is 3. The molecule has 0 spiro atoms. The van der Waals surface area contributed by atoms with Crippen molar-refractivity contribution < 1.29 is 13.2 Å². The van der Waals surface area contributed by atoms with Crippen LogP contribution in [0, 0.1) is 6.92 Å². The highest BCUT2D eigenvalue weighted by molar-refractivity contribution is 7.86. The van der Waals surface area contributed by atoms with Gasteiger partial charge in [-0.1, -0.05) is 12.1 Å². The largest absolute Gasteiger partial charge is 0.488 e. The molecular formula is C14H22N2O3S. The van der Waals surface area contributed by atoms with E-state index in [2.05, 4.69) is 0 Å². The summed E-state index contributed by atoms with van der Waals surface area (Å²) in [7, 11) is -1.74. The minimum Gasteiger partial charge on any atom is -0.488 e. The molecule has 0 saturated carbocycles. The highest BCUT2D eigenvalue weighted by Gasteiger charge is 2.40. The molecule has 1 aromatic carbocycles. The van der Waals surface area contributed by atoms with Crippen molar-refractivity contribution in [3.63, 3.8) is 0 Å². The molecule has 1 aliphatic heterocycles. The lowest BCUT2D eigenvalue weighted by Gasteiger charge is -2.40. The van der Waals surface area contributed by atoms with E-state index >= 15 is 0 Å². The highest BCUT2D eigenvalue weighted by atomic mass is 32.2. The van der Waals surface area contributed by atoms with Gasteiger partial charge >= 0.3 is 0 Å². The third-order valence-electron chi connectivity index (χ3n) is 3.52.